The fraction of sp³-hybridized carbons (Fsp3) is 0.333. The van der Waals surface area contributed by atoms with Gasteiger partial charge in [-0.05, 0) is 54.0 Å². The van der Waals surface area contributed by atoms with Crippen LogP contribution in [-0.4, -0.2) is 30.1 Å². The van der Waals surface area contributed by atoms with E-state index in [-0.39, 0.29) is 6.10 Å². The lowest BCUT2D eigenvalue weighted by molar-refractivity contribution is 0.222. The fourth-order valence-electron chi connectivity index (χ4n) is 2.03. The third kappa shape index (κ3) is 6.20. The van der Waals surface area contributed by atoms with Crippen LogP contribution in [0.3, 0.4) is 0 Å². The van der Waals surface area contributed by atoms with Gasteiger partial charge in [-0.1, -0.05) is 18.2 Å². The van der Waals surface area contributed by atoms with E-state index >= 15 is 0 Å². The van der Waals surface area contributed by atoms with E-state index in [1.165, 1.54) is 0 Å². The summed E-state index contributed by atoms with van der Waals surface area (Å²) in [5.41, 5.74) is 0.937. The zero-order chi connectivity index (χ0) is 17.2. The molecule has 0 saturated carbocycles. The quantitative estimate of drug-likeness (QED) is 0.561. The molecule has 128 valence electrons. The summed E-state index contributed by atoms with van der Waals surface area (Å²) in [6.07, 6.45) is 1.78. The summed E-state index contributed by atoms with van der Waals surface area (Å²) >= 11 is 3.49. The van der Waals surface area contributed by atoms with Crippen LogP contribution in [0.25, 0.3) is 0 Å². The van der Waals surface area contributed by atoms with Crippen LogP contribution in [0.4, 0.5) is 0 Å². The number of nitrogens with one attached hydrogen (secondary N) is 2. The molecule has 0 amide bonds. The number of hydrogen-bond acceptors (Lipinski definition) is 3. The summed E-state index contributed by atoms with van der Waals surface area (Å²) in [7, 11) is 0. The zero-order valence-corrected chi connectivity index (χ0v) is 15.6. The van der Waals surface area contributed by atoms with Crippen LogP contribution in [0.2, 0.25) is 0 Å². The Morgan fingerprint density at radius 1 is 1.21 bits per heavy atom. The van der Waals surface area contributed by atoms with Crippen molar-refractivity contribution in [3.63, 3.8) is 0 Å². The number of halogens is 1. The van der Waals surface area contributed by atoms with Gasteiger partial charge in [0, 0.05) is 12.7 Å². The molecular formula is C18H23BrN4O. The van der Waals surface area contributed by atoms with Gasteiger partial charge in [-0.25, -0.2) is 4.99 Å². The molecule has 5 nitrogen and oxygen atoms in total. The number of hydrogen-bond donors (Lipinski definition) is 2. The van der Waals surface area contributed by atoms with Crippen molar-refractivity contribution >= 4 is 21.9 Å². The highest BCUT2D eigenvalue weighted by Crippen LogP contribution is 2.24. The molecule has 1 unspecified atom stereocenters. The van der Waals surface area contributed by atoms with Gasteiger partial charge in [0.05, 0.1) is 23.3 Å². The normalized spacial score (nSPS) is 12.5. The van der Waals surface area contributed by atoms with Crippen molar-refractivity contribution in [2.75, 3.05) is 13.1 Å². The summed E-state index contributed by atoms with van der Waals surface area (Å²) in [4.78, 5) is 8.83. The van der Waals surface area contributed by atoms with Crippen molar-refractivity contribution < 1.29 is 4.74 Å². The van der Waals surface area contributed by atoms with E-state index in [2.05, 4.69) is 36.5 Å². The Morgan fingerprint density at radius 3 is 2.71 bits per heavy atom. The Balaban J connectivity index is 1.87. The minimum atomic E-state index is 0.00223. The molecule has 1 heterocycles. The highest BCUT2D eigenvalue weighted by Gasteiger charge is 2.08. The third-order valence-electron chi connectivity index (χ3n) is 3.19. The van der Waals surface area contributed by atoms with Crippen molar-refractivity contribution in [1.82, 2.24) is 15.6 Å². The predicted molar refractivity (Wildman–Crippen MR) is 101 cm³/mol. The average molecular weight is 391 g/mol. The first-order valence-corrected chi connectivity index (χ1v) is 8.81. The van der Waals surface area contributed by atoms with Crippen LogP contribution in [0.1, 0.15) is 19.5 Å². The number of aliphatic imine (C=N–C) groups is 1. The molecule has 0 spiro atoms. The van der Waals surface area contributed by atoms with E-state index in [0.717, 1.165) is 28.4 Å². The van der Waals surface area contributed by atoms with Crippen molar-refractivity contribution in [2.24, 2.45) is 4.99 Å². The molecule has 2 aromatic rings. The zero-order valence-electron chi connectivity index (χ0n) is 14.0. The SMILES string of the molecule is CCNC(=NCc1ccccn1)NCC(C)Oc1ccccc1Br. The first kappa shape index (κ1) is 18.3. The molecule has 1 aromatic carbocycles. The molecule has 6 heteroatoms. The van der Waals surface area contributed by atoms with Crippen molar-refractivity contribution in [1.29, 1.82) is 0 Å². The van der Waals surface area contributed by atoms with Gasteiger partial charge in [0.25, 0.3) is 0 Å². The van der Waals surface area contributed by atoms with E-state index in [9.17, 15) is 0 Å². The molecular weight excluding hydrogens is 368 g/mol. The van der Waals surface area contributed by atoms with E-state index in [4.69, 9.17) is 4.74 Å². The van der Waals surface area contributed by atoms with Gasteiger partial charge < -0.3 is 15.4 Å². The smallest absolute Gasteiger partial charge is 0.191 e. The maximum atomic E-state index is 5.93. The first-order valence-electron chi connectivity index (χ1n) is 8.02. The van der Waals surface area contributed by atoms with Crippen LogP contribution in [0, 0.1) is 0 Å². The number of pyridine rings is 1. The first-order chi connectivity index (χ1) is 11.7. The second-order valence-electron chi connectivity index (χ2n) is 5.26. The molecule has 0 saturated heterocycles. The Labute approximate surface area is 151 Å². The monoisotopic (exact) mass is 390 g/mol. The number of benzene rings is 1. The van der Waals surface area contributed by atoms with Crippen molar-refractivity contribution in [2.45, 2.75) is 26.5 Å². The summed E-state index contributed by atoms with van der Waals surface area (Å²) in [5, 5.41) is 6.53. The molecule has 2 rings (SSSR count). The van der Waals surface area contributed by atoms with Crippen LogP contribution in [0.15, 0.2) is 58.1 Å². The molecule has 1 atom stereocenters. The van der Waals surface area contributed by atoms with Crippen LogP contribution < -0.4 is 15.4 Å². The molecule has 2 N–H and O–H groups in total. The van der Waals surface area contributed by atoms with Gasteiger partial charge in [0.1, 0.15) is 11.9 Å². The fourth-order valence-corrected chi connectivity index (χ4v) is 2.41. The number of ether oxygens (including phenoxy) is 1. The van der Waals surface area contributed by atoms with Crippen molar-refractivity contribution in [3.8, 4) is 5.75 Å². The summed E-state index contributed by atoms with van der Waals surface area (Å²) in [5.74, 6) is 1.59. The second-order valence-corrected chi connectivity index (χ2v) is 6.11. The standard InChI is InChI=1S/C18H23BrN4O/c1-3-20-18(23-13-15-8-6-7-11-21-15)22-12-14(2)24-17-10-5-4-9-16(17)19/h4-11,14H,3,12-13H2,1-2H3,(H2,20,22,23). The van der Waals surface area contributed by atoms with E-state index < -0.39 is 0 Å². The van der Waals surface area contributed by atoms with Crippen LogP contribution in [-0.2, 0) is 6.54 Å². The number of guanidine groups is 1. The lowest BCUT2D eigenvalue weighted by atomic mass is 10.3. The molecule has 24 heavy (non-hydrogen) atoms. The number of para-hydroxylation sites is 1. The van der Waals surface area contributed by atoms with Crippen molar-refractivity contribution in [3.05, 3.63) is 58.8 Å². The number of rotatable bonds is 7. The minimum absolute atomic E-state index is 0.00223. The number of nitrogens with zero attached hydrogens (tertiary/aromatic N) is 2. The lowest BCUT2D eigenvalue weighted by Crippen LogP contribution is -2.41. The minimum Gasteiger partial charge on any atom is -0.488 e. The topological polar surface area (TPSA) is 58.5 Å². The average Bonchev–Trinajstić information content (AvgIpc) is 2.60. The largest absolute Gasteiger partial charge is 0.488 e. The molecule has 0 radical (unpaired) electrons. The van der Waals surface area contributed by atoms with E-state index in [0.29, 0.717) is 13.1 Å². The molecule has 0 fully saturated rings. The van der Waals surface area contributed by atoms with Crippen LogP contribution >= 0.6 is 15.9 Å². The van der Waals surface area contributed by atoms with Gasteiger partial charge in [-0.15, -0.1) is 0 Å². The maximum absolute atomic E-state index is 5.93. The molecule has 0 aliphatic carbocycles. The maximum Gasteiger partial charge on any atom is 0.191 e. The van der Waals surface area contributed by atoms with Gasteiger partial charge in [-0.3, -0.25) is 4.98 Å². The van der Waals surface area contributed by atoms with Gasteiger partial charge >= 0.3 is 0 Å². The third-order valence-corrected chi connectivity index (χ3v) is 3.85. The Hall–Kier alpha value is -2.08. The lowest BCUT2D eigenvalue weighted by Gasteiger charge is -2.18. The summed E-state index contributed by atoms with van der Waals surface area (Å²) in [6, 6.07) is 13.7. The highest BCUT2D eigenvalue weighted by atomic mass is 79.9. The van der Waals surface area contributed by atoms with Gasteiger partial charge in [0.15, 0.2) is 5.96 Å². The van der Waals surface area contributed by atoms with Crippen LogP contribution in [0.5, 0.6) is 5.75 Å². The summed E-state index contributed by atoms with van der Waals surface area (Å²) in [6.45, 7) is 6.05. The molecule has 0 aliphatic heterocycles. The van der Waals surface area contributed by atoms with E-state index in [1.54, 1.807) is 6.20 Å². The Kier molecular flexibility index (Phi) is 7.55. The van der Waals surface area contributed by atoms with E-state index in [1.807, 2.05) is 56.3 Å². The molecule has 0 bridgehead atoms. The predicted octanol–water partition coefficient (Wildman–Crippen LogP) is 3.37. The highest BCUT2D eigenvalue weighted by molar-refractivity contribution is 9.10. The Morgan fingerprint density at radius 2 is 2.00 bits per heavy atom. The summed E-state index contributed by atoms with van der Waals surface area (Å²) < 4.78 is 6.88. The molecule has 1 aromatic heterocycles. The Bertz CT molecular complexity index is 648. The van der Waals surface area contributed by atoms with Gasteiger partial charge in [-0.2, -0.15) is 0 Å². The van der Waals surface area contributed by atoms with Gasteiger partial charge in [0.2, 0.25) is 0 Å². The second kappa shape index (κ2) is 9.93. The molecule has 0 aliphatic rings. The number of aromatic nitrogens is 1.